The molecule has 27 heavy (non-hydrogen) atoms. The van der Waals surface area contributed by atoms with Crippen molar-refractivity contribution in [3.05, 3.63) is 59.7 Å². The highest BCUT2D eigenvalue weighted by Gasteiger charge is 2.34. The minimum absolute atomic E-state index is 0.0923. The monoisotopic (exact) mass is 364 g/mol. The van der Waals surface area contributed by atoms with Gasteiger partial charge in [0, 0.05) is 18.5 Å². The first-order chi connectivity index (χ1) is 13.2. The SMILES string of the molecule is Cc1ccc(NC(=O)CC2CC3CCC(C2)N3)c(OCc2ccccc2)c1. The van der Waals surface area contributed by atoms with Gasteiger partial charge in [0.2, 0.25) is 5.91 Å². The molecule has 142 valence electrons. The van der Waals surface area contributed by atoms with E-state index in [1.807, 2.05) is 55.5 Å². The normalized spacial score (nSPS) is 23.8. The maximum atomic E-state index is 12.6. The number of anilines is 1. The van der Waals surface area contributed by atoms with Crippen LogP contribution in [0.15, 0.2) is 48.5 Å². The summed E-state index contributed by atoms with van der Waals surface area (Å²) in [5.41, 5.74) is 2.99. The van der Waals surface area contributed by atoms with Crippen molar-refractivity contribution in [2.75, 3.05) is 5.32 Å². The molecule has 2 aromatic carbocycles. The molecule has 2 heterocycles. The zero-order valence-corrected chi connectivity index (χ0v) is 15.9. The van der Waals surface area contributed by atoms with Gasteiger partial charge in [-0.05, 0) is 61.8 Å². The standard InChI is InChI=1S/C23H28N2O2/c1-16-7-10-21(22(11-16)27-15-17-5-3-2-4-6-17)25-23(26)14-18-12-19-8-9-20(13-18)24-19/h2-7,10-11,18-20,24H,8-9,12-15H2,1H3,(H,25,26). The fourth-order valence-electron chi connectivity index (χ4n) is 4.39. The number of fused-ring (bicyclic) bond motifs is 2. The van der Waals surface area contributed by atoms with Gasteiger partial charge in [0.05, 0.1) is 5.69 Å². The van der Waals surface area contributed by atoms with Gasteiger partial charge in [0.15, 0.2) is 0 Å². The molecule has 0 spiro atoms. The van der Waals surface area contributed by atoms with Crippen molar-refractivity contribution in [3.63, 3.8) is 0 Å². The Bertz CT molecular complexity index is 778. The van der Waals surface area contributed by atoms with Crippen molar-refractivity contribution in [3.8, 4) is 5.75 Å². The van der Waals surface area contributed by atoms with Gasteiger partial charge in [0.1, 0.15) is 12.4 Å². The third-order valence-electron chi connectivity index (χ3n) is 5.69. The zero-order chi connectivity index (χ0) is 18.6. The van der Waals surface area contributed by atoms with Gasteiger partial charge in [-0.25, -0.2) is 0 Å². The van der Waals surface area contributed by atoms with Gasteiger partial charge in [0.25, 0.3) is 0 Å². The predicted molar refractivity (Wildman–Crippen MR) is 108 cm³/mol. The minimum Gasteiger partial charge on any atom is -0.487 e. The van der Waals surface area contributed by atoms with Gasteiger partial charge < -0.3 is 15.4 Å². The number of carbonyl (C=O) groups is 1. The molecular formula is C23H28N2O2. The smallest absolute Gasteiger partial charge is 0.224 e. The Hall–Kier alpha value is -2.33. The quantitative estimate of drug-likeness (QED) is 0.797. The summed E-state index contributed by atoms with van der Waals surface area (Å²) >= 11 is 0. The van der Waals surface area contributed by atoms with Gasteiger partial charge >= 0.3 is 0 Å². The van der Waals surface area contributed by atoms with Gasteiger partial charge in [-0.15, -0.1) is 0 Å². The predicted octanol–water partition coefficient (Wildman–Crippen LogP) is 4.43. The topological polar surface area (TPSA) is 50.4 Å². The molecule has 2 aliphatic rings. The van der Waals surface area contributed by atoms with E-state index in [0.717, 1.165) is 35.4 Å². The first-order valence-electron chi connectivity index (χ1n) is 9.99. The average molecular weight is 364 g/mol. The summed E-state index contributed by atoms with van der Waals surface area (Å²) in [5.74, 6) is 1.31. The van der Waals surface area contributed by atoms with Crippen LogP contribution in [0.2, 0.25) is 0 Å². The number of amides is 1. The number of rotatable bonds is 6. The lowest BCUT2D eigenvalue weighted by Gasteiger charge is -2.28. The number of nitrogens with one attached hydrogen (secondary N) is 2. The molecule has 0 radical (unpaired) electrons. The number of ether oxygens (including phenoxy) is 1. The molecule has 4 nitrogen and oxygen atoms in total. The summed E-state index contributed by atoms with van der Waals surface area (Å²) in [6, 6.07) is 17.3. The first kappa shape index (κ1) is 18.1. The third-order valence-corrected chi connectivity index (χ3v) is 5.69. The van der Waals surface area contributed by atoms with Crippen molar-refractivity contribution in [2.24, 2.45) is 5.92 Å². The number of benzene rings is 2. The Balaban J connectivity index is 1.38. The number of aryl methyl sites for hydroxylation is 1. The lowest BCUT2D eigenvalue weighted by molar-refractivity contribution is -0.117. The molecule has 0 aliphatic carbocycles. The number of hydrogen-bond donors (Lipinski definition) is 2. The Morgan fingerprint density at radius 2 is 1.85 bits per heavy atom. The largest absolute Gasteiger partial charge is 0.487 e. The van der Waals surface area contributed by atoms with E-state index < -0.39 is 0 Å². The molecule has 4 heteroatoms. The Labute approximate surface area is 161 Å². The van der Waals surface area contributed by atoms with Crippen LogP contribution in [-0.4, -0.2) is 18.0 Å². The second kappa shape index (κ2) is 8.13. The molecule has 1 amide bonds. The summed E-state index contributed by atoms with van der Waals surface area (Å²) in [7, 11) is 0. The van der Waals surface area contributed by atoms with Crippen molar-refractivity contribution in [1.29, 1.82) is 0 Å². The highest BCUT2D eigenvalue weighted by atomic mass is 16.5. The van der Waals surface area contributed by atoms with Crippen LogP contribution in [0, 0.1) is 12.8 Å². The molecule has 2 atom stereocenters. The lowest BCUT2D eigenvalue weighted by atomic mass is 9.89. The highest BCUT2D eigenvalue weighted by molar-refractivity contribution is 5.92. The molecule has 4 rings (SSSR count). The highest BCUT2D eigenvalue weighted by Crippen LogP contribution is 2.33. The van der Waals surface area contributed by atoms with Crippen LogP contribution >= 0.6 is 0 Å². The molecule has 2 bridgehead atoms. The second-order valence-electron chi connectivity index (χ2n) is 8.00. The van der Waals surface area contributed by atoms with Crippen LogP contribution in [-0.2, 0) is 11.4 Å². The molecule has 2 fully saturated rings. The van der Waals surface area contributed by atoms with Crippen molar-refractivity contribution in [2.45, 2.75) is 57.7 Å². The van der Waals surface area contributed by atoms with Crippen LogP contribution in [0.3, 0.4) is 0 Å². The van der Waals surface area contributed by atoms with E-state index in [1.54, 1.807) is 0 Å². The molecule has 2 N–H and O–H groups in total. The number of piperidine rings is 1. The summed E-state index contributed by atoms with van der Waals surface area (Å²) in [6.45, 7) is 2.52. The first-order valence-corrected chi connectivity index (χ1v) is 9.99. The van der Waals surface area contributed by atoms with Gasteiger partial charge in [-0.2, -0.15) is 0 Å². The van der Waals surface area contributed by atoms with E-state index in [4.69, 9.17) is 4.74 Å². The average Bonchev–Trinajstić information content (AvgIpc) is 3.01. The third kappa shape index (κ3) is 4.69. The fourth-order valence-corrected chi connectivity index (χ4v) is 4.39. The fraction of sp³-hybridized carbons (Fsp3) is 0.435. The molecule has 2 unspecified atom stereocenters. The number of hydrogen-bond acceptors (Lipinski definition) is 3. The van der Waals surface area contributed by atoms with E-state index >= 15 is 0 Å². The maximum absolute atomic E-state index is 12.6. The second-order valence-corrected chi connectivity index (χ2v) is 8.00. The molecule has 0 aromatic heterocycles. The summed E-state index contributed by atoms with van der Waals surface area (Å²) in [4.78, 5) is 12.6. The van der Waals surface area contributed by atoms with Crippen LogP contribution in [0.25, 0.3) is 0 Å². The van der Waals surface area contributed by atoms with E-state index in [2.05, 4.69) is 10.6 Å². The summed E-state index contributed by atoms with van der Waals surface area (Å²) < 4.78 is 6.01. The van der Waals surface area contributed by atoms with Gasteiger partial charge in [-0.1, -0.05) is 36.4 Å². The van der Waals surface area contributed by atoms with E-state index in [1.165, 1.54) is 12.8 Å². The van der Waals surface area contributed by atoms with Crippen LogP contribution < -0.4 is 15.4 Å². The van der Waals surface area contributed by atoms with E-state index in [0.29, 0.717) is 31.0 Å². The van der Waals surface area contributed by atoms with Gasteiger partial charge in [-0.3, -0.25) is 4.79 Å². The number of carbonyl (C=O) groups excluding carboxylic acids is 1. The minimum atomic E-state index is 0.0923. The maximum Gasteiger partial charge on any atom is 0.224 e. The Morgan fingerprint density at radius 3 is 2.59 bits per heavy atom. The van der Waals surface area contributed by atoms with Crippen molar-refractivity contribution in [1.82, 2.24) is 5.32 Å². The van der Waals surface area contributed by atoms with Crippen molar-refractivity contribution >= 4 is 11.6 Å². The zero-order valence-electron chi connectivity index (χ0n) is 15.9. The molecule has 2 saturated heterocycles. The van der Waals surface area contributed by atoms with Crippen LogP contribution in [0.1, 0.15) is 43.2 Å². The summed E-state index contributed by atoms with van der Waals surface area (Å²) in [6.07, 6.45) is 5.36. The molecule has 0 saturated carbocycles. The van der Waals surface area contributed by atoms with Crippen LogP contribution in [0.5, 0.6) is 5.75 Å². The Kier molecular flexibility index (Phi) is 5.44. The lowest BCUT2D eigenvalue weighted by Crippen LogP contribution is -2.39. The van der Waals surface area contributed by atoms with Crippen LogP contribution in [0.4, 0.5) is 5.69 Å². The molecule has 2 aromatic rings. The Morgan fingerprint density at radius 1 is 1.11 bits per heavy atom. The molecule has 2 aliphatic heterocycles. The summed E-state index contributed by atoms with van der Waals surface area (Å²) in [5, 5.41) is 6.73. The van der Waals surface area contributed by atoms with E-state index in [9.17, 15) is 4.79 Å². The van der Waals surface area contributed by atoms with E-state index in [-0.39, 0.29) is 5.91 Å². The van der Waals surface area contributed by atoms with Crippen molar-refractivity contribution < 1.29 is 9.53 Å². The molecular weight excluding hydrogens is 336 g/mol.